The summed E-state index contributed by atoms with van der Waals surface area (Å²) in [5.41, 5.74) is 3.13. The van der Waals surface area contributed by atoms with Crippen molar-refractivity contribution < 1.29 is 18.4 Å². The molecule has 3 aromatic rings. The molecule has 2 aliphatic rings. The summed E-state index contributed by atoms with van der Waals surface area (Å²) in [6, 6.07) is 15.0. The second-order valence-corrected chi connectivity index (χ2v) is 7.97. The van der Waals surface area contributed by atoms with Crippen LogP contribution in [0.15, 0.2) is 80.6 Å². The van der Waals surface area contributed by atoms with E-state index in [0.717, 1.165) is 47.6 Å². The Kier molecular flexibility index (Phi) is 5.20. The van der Waals surface area contributed by atoms with Crippen molar-refractivity contribution in [1.82, 2.24) is 5.01 Å². The number of rotatable bonds is 5. The third kappa shape index (κ3) is 3.93. The summed E-state index contributed by atoms with van der Waals surface area (Å²) in [6.07, 6.45) is 8.20. The maximum atomic E-state index is 13.2. The predicted molar refractivity (Wildman–Crippen MR) is 116 cm³/mol. The summed E-state index contributed by atoms with van der Waals surface area (Å²) in [6.45, 7) is 1.91. The third-order valence-corrected chi connectivity index (χ3v) is 5.80. The molecule has 6 nitrogen and oxygen atoms in total. The van der Waals surface area contributed by atoms with E-state index in [9.17, 15) is 4.79 Å². The van der Waals surface area contributed by atoms with Gasteiger partial charge in [0.15, 0.2) is 6.61 Å². The Morgan fingerprint density at radius 2 is 2.06 bits per heavy atom. The first kappa shape index (κ1) is 19.4. The largest absolute Gasteiger partial charge is 0.484 e. The number of carbonyl (C=O) groups is 1. The van der Waals surface area contributed by atoms with Crippen LogP contribution in [0, 0.1) is 12.8 Å². The van der Waals surface area contributed by atoms with Crippen molar-refractivity contribution in [2.45, 2.75) is 32.2 Å². The minimum Gasteiger partial charge on any atom is -0.484 e. The summed E-state index contributed by atoms with van der Waals surface area (Å²) in [5, 5.41) is 6.34. The van der Waals surface area contributed by atoms with Crippen LogP contribution in [0.5, 0.6) is 5.75 Å². The highest BCUT2D eigenvalue weighted by atomic mass is 16.5. The van der Waals surface area contributed by atoms with Crippen LogP contribution >= 0.6 is 0 Å². The number of allylic oxidation sites excluding steroid dienone is 1. The van der Waals surface area contributed by atoms with E-state index in [0.29, 0.717) is 5.75 Å². The van der Waals surface area contributed by atoms with E-state index in [1.54, 1.807) is 17.5 Å². The molecule has 0 saturated heterocycles. The fourth-order valence-corrected chi connectivity index (χ4v) is 4.41. The molecule has 1 fully saturated rings. The zero-order valence-corrected chi connectivity index (χ0v) is 17.4. The topological polar surface area (TPSA) is 68.2 Å². The molecule has 2 aromatic heterocycles. The lowest BCUT2D eigenvalue weighted by Gasteiger charge is -2.27. The van der Waals surface area contributed by atoms with Crippen LogP contribution in [0.3, 0.4) is 0 Å². The highest BCUT2D eigenvalue weighted by Crippen LogP contribution is 2.44. The first-order chi connectivity index (χ1) is 15.2. The van der Waals surface area contributed by atoms with Gasteiger partial charge in [-0.25, -0.2) is 5.01 Å². The van der Waals surface area contributed by atoms with E-state index >= 15 is 0 Å². The zero-order chi connectivity index (χ0) is 21.2. The number of fused-ring (bicyclic) bond motifs is 1. The highest BCUT2D eigenvalue weighted by molar-refractivity contribution is 6.08. The van der Waals surface area contributed by atoms with E-state index in [1.807, 2.05) is 61.5 Å². The Balaban J connectivity index is 1.43. The van der Waals surface area contributed by atoms with Crippen molar-refractivity contribution in [3.63, 3.8) is 0 Å². The minimum atomic E-state index is -0.265. The molecule has 5 rings (SSSR count). The summed E-state index contributed by atoms with van der Waals surface area (Å²) in [4.78, 5) is 13.2. The lowest BCUT2D eigenvalue weighted by molar-refractivity contribution is -0.136. The van der Waals surface area contributed by atoms with Crippen LogP contribution in [0.25, 0.3) is 6.08 Å². The fourth-order valence-electron chi connectivity index (χ4n) is 4.41. The Hall–Kier alpha value is -3.54. The Labute approximate surface area is 180 Å². The van der Waals surface area contributed by atoms with Crippen molar-refractivity contribution in [3.05, 3.63) is 83.7 Å². The average molecular weight is 416 g/mol. The molecule has 0 unspecified atom stereocenters. The van der Waals surface area contributed by atoms with Gasteiger partial charge >= 0.3 is 0 Å². The third-order valence-electron chi connectivity index (χ3n) is 5.80. The molecule has 0 spiro atoms. The number of ether oxygens (including phenoxy) is 1. The van der Waals surface area contributed by atoms with Crippen LogP contribution in [-0.4, -0.2) is 23.2 Å². The van der Waals surface area contributed by atoms with E-state index in [1.165, 1.54) is 0 Å². The Bertz CT molecular complexity index is 1110. The minimum absolute atomic E-state index is 0.0820. The predicted octanol–water partition coefficient (Wildman–Crippen LogP) is 5.38. The second kappa shape index (κ2) is 8.30. The molecule has 6 heteroatoms. The van der Waals surface area contributed by atoms with E-state index < -0.39 is 0 Å². The smallest absolute Gasteiger partial charge is 0.281 e. The van der Waals surface area contributed by atoms with Crippen molar-refractivity contribution in [2.75, 3.05) is 6.61 Å². The van der Waals surface area contributed by atoms with Gasteiger partial charge in [0, 0.05) is 5.92 Å². The average Bonchev–Trinajstić information content (AvgIpc) is 3.52. The van der Waals surface area contributed by atoms with Gasteiger partial charge in [0.1, 0.15) is 23.3 Å². The number of aryl methyl sites for hydroxylation is 1. The molecule has 158 valence electrons. The molecule has 3 heterocycles. The quantitative estimate of drug-likeness (QED) is 0.560. The molecule has 1 amide bonds. The first-order valence-corrected chi connectivity index (χ1v) is 10.6. The van der Waals surface area contributed by atoms with Crippen LogP contribution < -0.4 is 4.74 Å². The van der Waals surface area contributed by atoms with Gasteiger partial charge in [-0.2, -0.15) is 5.10 Å². The van der Waals surface area contributed by atoms with Gasteiger partial charge in [0.05, 0.1) is 18.2 Å². The molecule has 1 aliphatic carbocycles. The SMILES string of the molecule is Cc1cccc(OCC(=O)N2N=C3/C(=C/c4ccco4)CCC[C@@H]3[C@H]2c2ccco2)c1. The van der Waals surface area contributed by atoms with Gasteiger partial charge < -0.3 is 13.6 Å². The van der Waals surface area contributed by atoms with Crippen molar-refractivity contribution >= 4 is 17.7 Å². The molecule has 31 heavy (non-hydrogen) atoms. The first-order valence-electron chi connectivity index (χ1n) is 10.6. The normalized spacial score (nSPS) is 21.8. The molecular weight excluding hydrogens is 392 g/mol. The Morgan fingerprint density at radius 1 is 1.19 bits per heavy atom. The van der Waals surface area contributed by atoms with Gasteiger partial charge in [-0.3, -0.25) is 4.79 Å². The second-order valence-electron chi connectivity index (χ2n) is 7.97. The number of amides is 1. The van der Waals surface area contributed by atoms with Crippen molar-refractivity contribution in [3.8, 4) is 5.75 Å². The number of hydrazone groups is 1. The molecule has 1 aromatic carbocycles. The number of nitrogens with zero attached hydrogens (tertiary/aromatic N) is 2. The summed E-state index contributed by atoms with van der Waals surface area (Å²) >= 11 is 0. The van der Waals surface area contributed by atoms with E-state index in [-0.39, 0.29) is 24.5 Å². The standard InChI is InChI=1S/C25H24N2O4/c1-17-6-2-8-19(14-17)31-16-23(28)27-25(22-11-5-13-30-22)21-10-3-7-18(24(21)26-27)15-20-9-4-12-29-20/h2,4-6,8-9,11-15,21,25H,3,7,10,16H2,1H3/b18-15+/t21-,25-/m0/s1. The van der Waals surface area contributed by atoms with Gasteiger partial charge in [0.25, 0.3) is 5.91 Å². The van der Waals surface area contributed by atoms with Crippen LogP contribution in [0.2, 0.25) is 0 Å². The van der Waals surface area contributed by atoms with Gasteiger partial charge in [-0.15, -0.1) is 0 Å². The fraction of sp³-hybridized carbons (Fsp3) is 0.280. The van der Waals surface area contributed by atoms with Gasteiger partial charge in [0.2, 0.25) is 0 Å². The molecule has 2 atom stereocenters. The number of furan rings is 2. The summed E-state index contributed by atoms with van der Waals surface area (Å²) < 4.78 is 17.0. The van der Waals surface area contributed by atoms with Crippen molar-refractivity contribution in [2.24, 2.45) is 11.0 Å². The number of benzene rings is 1. The van der Waals surface area contributed by atoms with E-state index in [4.69, 9.17) is 18.7 Å². The van der Waals surface area contributed by atoms with Gasteiger partial charge in [-0.1, -0.05) is 12.1 Å². The molecular formula is C25H24N2O4. The summed E-state index contributed by atoms with van der Waals surface area (Å²) in [7, 11) is 0. The monoisotopic (exact) mass is 416 g/mol. The molecule has 0 N–H and O–H groups in total. The Morgan fingerprint density at radius 3 is 2.84 bits per heavy atom. The highest BCUT2D eigenvalue weighted by Gasteiger charge is 2.45. The van der Waals surface area contributed by atoms with Gasteiger partial charge in [-0.05, 0) is 79.8 Å². The maximum absolute atomic E-state index is 13.2. The number of carbonyl (C=O) groups excluding carboxylic acids is 1. The van der Waals surface area contributed by atoms with Crippen LogP contribution in [0.1, 0.15) is 42.4 Å². The lowest BCUT2D eigenvalue weighted by Crippen LogP contribution is -2.34. The summed E-state index contributed by atoms with van der Waals surface area (Å²) in [5.74, 6) is 2.10. The molecule has 1 saturated carbocycles. The zero-order valence-electron chi connectivity index (χ0n) is 17.4. The molecule has 0 radical (unpaired) electrons. The molecule has 0 bridgehead atoms. The lowest BCUT2D eigenvalue weighted by atomic mass is 9.79. The van der Waals surface area contributed by atoms with Crippen LogP contribution in [0.4, 0.5) is 0 Å². The number of hydrogen-bond donors (Lipinski definition) is 0. The van der Waals surface area contributed by atoms with Crippen molar-refractivity contribution in [1.29, 1.82) is 0 Å². The number of hydrogen-bond acceptors (Lipinski definition) is 5. The van der Waals surface area contributed by atoms with E-state index in [2.05, 4.69) is 0 Å². The molecule has 1 aliphatic heterocycles. The van der Waals surface area contributed by atoms with Crippen LogP contribution in [-0.2, 0) is 4.79 Å². The maximum Gasteiger partial charge on any atom is 0.281 e.